The van der Waals surface area contributed by atoms with Crippen molar-refractivity contribution in [2.24, 2.45) is 0 Å². The highest BCUT2D eigenvalue weighted by Gasteiger charge is 2.16. The summed E-state index contributed by atoms with van der Waals surface area (Å²) in [5.41, 5.74) is 1.65. The van der Waals surface area contributed by atoms with Crippen LogP contribution < -0.4 is 25.4 Å². The number of hydrogen-bond donors (Lipinski definition) is 3. The average Bonchev–Trinajstić information content (AvgIpc) is 2.76. The molecule has 184 valence electrons. The fourth-order valence-electron chi connectivity index (χ4n) is 3.01. The fourth-order valence-corrected chi connectivity index (χ4v) is 3.01. The summed E-state index contributed by atoms with van der Waals surface area (Å²) >= 11 is 0. The maximum absolute atomic E-state index is 12.4. The smallest absolute Gasteiger partial charge is 0.407 e. The lowest BCUT2D eigenvalue weighted by atomic mass is 10.1. The first-order chi connectivity index (χ1) is 16.1. The first-order valence-electron chi connectivity index (χ1n) is 10.9. The van der Waals surface area contributed by atoms with Crippen LogP contribution in [0.3, 0.4) is 0 Å². The second-order valence-electron chi connectivity index (χ2n) is 8.57. The number of hydrogen-bond acceptors (Lipinski definition) is 6. The Morgan fingerprint density at radius 1 is 0.853 bits per heavy atom. The van der Waals surface area contributed by atoms with Crippen LogP contribution >= 0.6 is 0 Å². The SMILES string of the molecule is COc1ccc(CC(=O)NCc2cccc(NC(=O)CCNC(=O)OC(C)(C)C)c2)cc1OC. The first-order valence-corrected chi connectivity index (χ1v) is 10.9. The summed E-state index contributed by atoms with van der Waals surface area (Å²) in [5, 5.41) is 8.21. The third-order valence-electron chi connectivity index (χ3n) is 4.53. The molecule has 9 nitrogen and oxygen atoms in total. The fraction of sp³-hybridized carbons (Fsp3) is 0.400. The van der Waals surface area contributed by atoms with Gasteiger partial charge in [-0.3, -0.25) is 9.59 Å². The van der Waals surface area contributed by atoms with Gasteiger partial charge in [-0.05, 0) is 56.2 Å². The number of carbonyl (C=O) groups excluding carboxylic acids is 3. The van der Waals surface area contributed by atoms with E-state index in [-0.39, 0.29) is 31.2 Å². The van der Waals surface area contributed by atoms with Crippen molar-refractivity contribution < 1.29 is 28.6 Å². The van der Waals surface area contributed by atoms with Crippen LogP contribution in [0.25, 0.3) is 0 Å². The van der Waals surface area contributed by atoms with Crippen LogP contribution in [0.5, 0.6) is 11.5 Å². The predicted octanol–water partition coefficient (Wildman–Crippen LogP) is 3.42. The highest BCUT2D eigenvalue weighted by atomic mass is 16.6. The van der Waals surface area contributed by atoms with Gasteiger partial charge in [0.1, 0.15) is 5.60 Å². The van der Waals surface area contributed by atoms with Crippen molar-refractivity contribution in [3.63, 3.8) is 0 Å². The maximum Gasteiger partial charge on any atom is 0.407 e. The Bertz CT molecular complexity index is 1000. The largest absolute Gasteiger partial charge is 0.493 e. The average molecular weight is 472 g/mol. The highest BCUT2D eigenvalue weighted by Crippen LogP contribution is 2.27. The summed E-state index contributed by atoms with van der Waals surface area (Å²) in [6, 6.07) is 12.5. The molecule has 0 aromatic heterocycles. The topological polar surface area (TPSA) is 115 Å². The van der Waals surface area contributed by atoms with E-state index in [2.05, 4.69) is 16.0 Å². The highest BCUT2D eigenvalue weighted by molar-refractivity contribution is 5.91. The van der Waals surface area contributed by atoms with Crippen LogP contribution in [0.2, 0.25) is 0 Å². The normalized spacial score (nSPS) is 10.7. The lowest BCUT2D eigenvalue weighted by Crippen LogP contribution is -2.34. The molecule has 3 N–H and O–H groups in total. The van der Waals surface area contributed by atoms with Crippen LogP contribution in [0.4, 0.5) is 10.5 Å². The number of ether oxygens (including phenoxy) is 3. The molecule has 0 heterocycles. The molecule has 34 heavy (non-hydrogen) atoms. The second kappa shape index (κ2) is 12.5. The van der Waals surface area contributed by atoms with Gasteiger partial charge in [0, 0.05) is 25.2 Å². The van der Waals surface area contributed by atoms with Crippen LogP contribution in [0.15, 0.2) is 42.5 Å². The minimum atomic E-state index is -0.594. The molecule has 0 saturated heterocycles. The number of alkyl carbamates (subject to hydrolysis) is 1. The van der Waals surface area contributed by atoms with Crippen molar-refractivity contribution in [1.82, 2.24) is 10.6 Å². The van der Waals surface area contributed by atoms with Crippen LogP contribution in [-0.4, -0.2) is 44.3 Å². The molecule has 0 unspecified atom stereocenters. The second-order valence-corrected chi connectivity index (χ2v) is 8.57. The summed E-state index contributed by atoms with van der Waals surface area (Å²) in [5.74, 6) is 0.782. The summed E-state index contributed by atoms with van der Waals surface area (Å²) in [4.78, 5) is 36.2. The number of carbonyl (C=O) groups is 3. The standard InChI is InChI=1S/C25H33N3O6/c1-25(2,3)34-24(31)26-12-11-22(29)28-19-8-6-7-18(13-19)16-27-23(30)15-17-9-10-20(32-4)21(14-17)33-5/h6-10,13-14H,11-12,15-16H2,1-5H3,(H,26,31)(H,27,30)(H,28,29). The van der Waals surface area contributed by atoms with Crippen molar-refractivity contribution >= 4 is 23.6 Å². The Labute approximate surface area is 200 Å². The molecule has 2 aromatic carbocycles. The van der Waals surface area contributed by atoms with Crippen molar-refractivity contribution in [3.05, 3.63) is 53.6 Å². The number of methoxy groups -OCH3 is 2. The van der Waals surface area contributed by atoms with Gasteiger partial charge in [-0.2, -0.15) is 0 Å². The molecule has 3 amide bonds. The van der Waals surface area contributed by atoms with Gasteiger partial charge in [-0.1, -0.05) is 18.2 Å². The number of benzene rings is 2. The molecule has 9 heteroatoms. The van der Waals surface area contributed by atoms with E-state index in [9.17, 15) is 14.4 Å². The van der Waals surface area contributed by atoms with Crippen LogP contribution in [0.1, 0.15) is 38.3 Å². The first kappa shape index (κ1) is 26.5. The van der Waals surface area contributed by atoms with Gasteiger partial charge in [-0.15, -0.1) is 0 Å². The third kappa shape index (κ3) is 9.40. The predicted molar refractivity (Wildman–Crippen MR) is 129 cm³/mol. The van der Waals surface area contributed by atoms with E-state index < -0.39 is 11.7 Å². The van der Waals surface area contributed by atoms with E-state index in [1.807, 2.05) is 12.1 Å². The molecule has 0 fully saturated rings. The minimum Gasteiger partial charge on any atom is -0.493 e. The van der Waals surface area contributed by atoms with Crippen molar-refractivity contribution in [2.45, 2.75) is 45.8 Å². The molecule has 0 bridgehead atoms. The minimum absolute atomic E-state index is 0.103. The summed E-state index contributed by atoms with van der Waals surface area (Å²) in [6.07, 6.45) is -0.265. The van der Waals surface area contributed by atoms with Crippen LogP contribution in [-0.2, 0) is 27.3 Å². The Morgan fingerprint density at radius 3 is 2.26 bits per heavy atom. The molecule has 0 radical (unpaired) electrons. The van der Waals surface area contributed by atoms with Gasteiger partial charge in [0.05, 0.1) is 20.6 Å². The van der Waals surface area contributed by atoms with Gasteiger partial charge in [0.2, 0.25) is 11.8 Å². The number of rotatable bonds is 10. The van der Waals surface area contributed by atoms with Gasteiger partial charge in [0.15, 0.2) is 11.5 Å². The maximum atomic E-state index is 12.4. The monoisotopic (exact) mass is 471 g/mol. The molecule has 2 aromatic rings. The lowest BCUT2D eigenvalue weighted by Gasteiger charge is -2.19. The Kier molecular flexibility index (Phi) is 9.73. The number of amides is 3. The summed E-state index contributed by atoms with van der Waals surface area (Å²) < 4.78 is 15.6. The molecule has 0 spiro atoms. The Balaban J connectivity index is 1.80. The zero-order chi connectivity index (χ0) is 25.1. The zero-order valence-electron chi connectivity index (χ0n) is 20.3. The number of anilines is 1. The Hall–Kier alpha value is -3.75. The zero-order valence-corrected chi connectivity index (χ0v) is 20.3. The van der Waals surface area contributed by atoms with Gasteiger partial charge in [-0.25, -0.2) is 4.79 Å². The molecule has 0 saturated carbocycles. The van der Waals surface area contributed by atoms with E-state index in [1.165, 1.54) is 0 Å². The Morgan fingerprint density at radius 2 is 1.59 bits per heavy atom. The van der Waals surface area contributed by atoms with Gasteiger partial charge < -0.3 is 30.2 Å². The molecule has 0 atom stereocenters. The van der Waals surface area contributed by atoms with E-state index in [4.69, 9.17) is 14.2 Å². The lowest BCUT2D eigenvalue weighted by molar-refractivity contribution is -0.120. The van der Waals surface area contributed by atoms with Gasteiger partial charge in [0.25, 0.3) is 0 Å². The van der Waals surface area contributed by atoms with E-state index in [0.29, 0.717) is 23.7 Å². The summed E-state index contributed by atoms with van der Waals surface area (Å²) in [6.45, 7) is 5.78. The molecule has 2 rings (SSSR count). The molecule has 0 aliphatic rings. The van der Waals surface area contributed by atoms with Crippen molar-refractivity contribution in [3.8, 4) is 11.5 Å². The molecular formula is C25H33N3O6. The van der Waals surface area contributed by atoms with E-state index in [0.717, 1.165) is 11.1 Å². The van der Waals surface area contributed by atoms with Gasteiger partial charge >= 0.3 is 6.09 Å². The van der Waals surface area contributed by atoms with Crippen molar-refractivity contribution in [2.75, 3.05) is 26.1 Å². The molecule has 0 aliphatic carbocycles. The van der Waals surface area contributed by atoms with E-state index in [1.54, 1.807) is 65.3 Å². The van der Waals surface area contributed by atoms with Crippen LogP contribution in [0, 0.1) is 0 Å². The summed E-state index contributed by atoms with van der Waals surface area (Å²) in [7, 11) is 3.10. The quantitative estimate of drug-likeness (QED) is 0.489. The van der Waals surface area contributed by atoms with Crippen molar-refractivity contribution in [1.29, 1.82) is 0 Å². The molecule has 0 aliphatic heterocycles. The van der Waals surface area contributed by atoms with E-state index >= 15 is 0 Å². The third-order valence-corrected chi connectivity index (χ3v) is 4.53. The number of nitrogens with one attached hydrogen (secondary N) is 3. The molecular weight excluding hydrogens is 438 g/mol.